The molecule has 0 amide bonds. The van der Waals surface area contributed by atoms with Crippen molar-refractivity contribution in [1.29, 1.82) is 0 Å². The molecular weight excluding hydrogens is 246 g/mol. The van der Waals surface area contributed by atoms with E-state index in [9.17, 15) is 13.2 Å². The summed E-state index contributed by atoms with van der Waals surface area (Å²) in [5.41, 5.74) is 0.328. The van der Waals surface area contributed by atoms with Crippen LogP contribution in [0.1, 0.15) is 41.2 Å². The summed E-state index contributed by atoms with van der Waals surface area (Å²) in [5, 5.41) is -0.885. The highest BCUT2D eigenvalue weighted by Gasteiger charge is 2.26. The van der Waals surface area contributed by atoms with Crippen LogP contribution in [0.25, 0.3) is 0 Å². The topological polar surface area (TPSA) is 86.5 Å². The lowest BCUT2D eigenvalue weighted by Crippen LogP contribution is -2.08. The fraction of sp³-hybridized carbons (Fsp3) is 0.600. The van der Waals surface area contributed by atoms with Gasteiger partial charge in [0.05, 0.1) is 12.3 Å². The van der Waals surface area contributed by atoms with Gasteiger partial charge in [-0.2, -0.15) is 0 Å². The van der Waals surface area contributed by atoms with Crippen molar-refractivity contribution < 1.29 is 22.4 Å². The van der Waals surface area contributed by atoms with Gasteiger partial charge in [0.15, 0.2) is 9.84 Å². The summed E-state index contributed by atoms with van der Waals surface area (Å²) in [7, 11) is -3.31. The van der Waals surface area contributed by atoms with E-state index >= 15 is 0 Å². The second-order valence-electron chi connectivity index (χ2n) is 3.66. The number of carbonyl (C=O) groups excluding carboxylic acids is 1. The fourth-order valence-corrected chi connectivity index (χ4v) is 1.63. The molecule has 1 atom stereocenters. The lowest BCUT2D eigenvalue weighted by molar-refractivity contribution is 0.0487. The molecule has 0 saturated heterocycles. The van der Waals surface area contributed by atoms with Crippen LogP contribution in [0.5, 0.6) is 0 Å². The van der Waals surface area contributed by atoms with Gasteiger partial charge in [0.2, 0.25) is 11.7 Å². The highest BCUT2D eigenvalue weighted by molar-refractivity contribution is 7.90. The molecule has 1 rings (SSSR count). The predicted molar refractivity (Wildman–Crippen MR) is 60.5 cm³/mol. The zero-order chi connectivity index (χ0) is 13.2. The van der Waals surface area contributed by atoms with E-state index < -0.39 is 21.1 Å². The maximum Gasteiger partial charge on any atom is 0.376 e. The third-order valence-corrected chi connectivity index (χ3v) is 3.75. The number of nitrogens with zero attached hydrogens (tertiary/aromatic N) is 1. The first-order valence-electron chi connectivity index (χ1n) is 5.10. The molecule has 7 heteroatoms. The normalized spacial score (nSPS) is 13.4. The van der Waals surface area contributed by atoms with Crippen molar-refractivity contribution in [2.24, 2.45) is 0 Å². The minimum absolute atomic E-state index is 0.00746. The lowest BCUT2D eigenvalue weighted by Gasteiger charge is -2.03. The number of aryl methyl sites for hydroxylation is 1. The van der Waals surface area contributed by atoms with Crippen LogP contribution in [0.15, 0.2) is 4.42 Å². The van der Waals surface area contributed by atoms with Crippen LogP contribution < -0.4 is 0 Å². The quantitative estimate of drug-likeness (QED) is 0.758. The molecule has 0 saturated carbocycles. The largest absolute Gasteiger partial charge is 0.460 e. The Kier molecular flexibility index (Phi) is 3.92. The van der Waals surface area contributed by atoms with Crippen LogP contribution in [-0.2, 0) is 14.6 Å². The van der Waals surface area contributed by atoms with Crippen molar-refractivity contribution in [2.75, 3.05) is 12.9 Å². The Morgan fingerprint density at radius 2 is 2.12 bits per heavy atom. The summed E-state index contributed by atoms with van der Waals surface area (Å²) >= 11 is 0. The summed E-state index contributed by atoms with van der Waals surface area (Å²) < 4.78 is 32.6. The third kappa shape index (κ3) is 3.06. The van der Waals surface area contributed by atoms with Crippen LogP contribution in [0, 0.1) is 6.92 Å². The van der Waals surface area contributed by atoms with E-state index in [0.717, 1.165) is 6.26 Å². The van der Waals surface area contributed by atoms with Crippen molar-refractivity contribution in [2.45, 2.75) is 26.0 Å². The zero-order valence-corrected chi connectivity index (χ0v) is 11.0. The van der Waals surface area contributed by atoms with Gasteiger partial charge < -0.3 is 9.15 Å². The van der Waals surface area contributed by atoms with Crippen molar-refractivity contribution in [1.82, 2.24) is 4.98 Å². The van der Waals surface area contributed by atoms with Gasteiger partial charge in [0, 0.05) is 6.26 Å². The molecule has 6 nitrogen and oxygen atoms in total. The average molecular weight is 261 g/mol. The summed E-state index contributed by atoms with van der Waals surface area (Å²) in [6.45, 7) is 4.91. The second-order valence-corrected chi connectivity index (χ2v) is 6.03. The molecule has 0 bridgehead atoms. The first-order valence-corrected chi connectivity index (χ1v) is 7.06. The van der Waals surface area contributed by atoms with Crippen LogP contribution in [-0.4, -0.2) is 32.2 Å². The molecule has 1 unspecified atom stereocenters. The van der Waals surface area contributed by atoms with Crippen LogP contribution >= 0.6 is 0 Å². The van der Waals surface area contributed by atoms with Gasteiger partial charge in [-0.15, -0.1) is 0 Å². The van der Waals surface area contributed by atoms with Crippen LogP contribution in [0.4, 0.5) is 0 Å². The standard InChI is InChI=1S/C10H15NO5S/c1-5-15-10(12)8-6(2)11-9(16-8)7(3)17(4,13)14/h7H,5H2,1-4H3. The van der Waals surface area contributed by atoms with Crippen molar-refractivity contribution in [3.05, 3.63) is 17.3 Å². The molecule has 96 valence electrons. The monoisotopic (exact) mass is 261 g/mol. The van der Waals surface area contributed by atoms with Gasteiger partial charge in [-0.25, -0.2) is 18.2 Å². The number of rotatable bonds is 4. The lowest BCUT2D eigenvalue weighted by atomic mass is 10.4. The van der Waals surface area contributed by atoms with Crippen molar-refractivity contribution >= 4 is 15.8 Å². The third-order valence-electron chi connectivity index (χ3n) is 2.26. The van der Waals surface area contributed by atoms with Crippen LogP contribution in [0.2, 0.25) is 0 Å². The van der Waals surface area contributed by atoms with E-state index in [4.69, 9.17) is 9.15 Å². The zero-order valence-electron chi connectivity index (χ0n) is 10.2. The number of esters is 1. The first-order chi connectivity index (χ1) is 7.77. The Bertz CT molecular complexity index is 517. The summed E-state index contributed by atoms with van der Waals surface area (Å²) in [6.07, 6.45) is 1.08. The highest BCUT2D eigenvalue weighted by atomic mass is 32.2. The van der Waals surface area contributed by atoms with Crippen molar-refractivity contribution in [3.8, 4) is 0 Å². The Morgan fingerprint density at radius 1 is 1.53 bits per heavy atom. The fourth-order valence-electron chi connectivity index (χ4n) is 1.16. The van der Waals surface area contributed by atoms with E-state index in [-0.39, 0.29) is 18.3 Å². The molecule has 1 heterocycles. The molecule has 0 radical (unpaired) electrons. The Balaban J connectivity index is 3.08. The molecule has 1 aromatic heterocycles. The number of hydrogen-bond acceptors (Lipinski definition) is 6. The molecule has 0 N–H and O–H groups in total. The molecule has 0 aliphatic rings. The molecule has 0 aromatic carbocycles. The van der Waals surface area contributed by atoms with Crippen LogP contribution in [0.3, 0.4) is 0 Å². The van der Waals surface area contributed by atoms with E-state index in [1.807, 2.05) is 0 Å². The average Bonchev–Trinajstić information content (AvgIpc) is 2.58. The second kappa shape index (κ2) is 4.87. The predicted octanol–water partition coefficient (Wildman–Crippen LogP) is 1.27. The minimum atomic E-state index is -3.31. The smallest absolute Gasteiger partial charge is 0.376 e. The van der Waals surface area contributed by atoms with Gasteiger partial charge >= 0.3 is 5.97 Å². The number of ether oxygens (including phenoxy) is 1. The van der Waals surface area contributed by atoms with Crippen molar-refractivity contribution in [3.63, 3.8) is 0 Å². The first kappa shape index (κ1) is 13.7. The number of carbonyl (C=O) groups is 1. The Morgan fingerprint density at radius 3 is 2.59 bits per heavy atom. The van der Waals surface area contributed by atoms with E-state index in [1.165, 1.54) is 6.92 Å². The highest BCUT2D eigenvalue weighted by Crippen LogP contribution is 2.23. The molecular formula is C10H15NO5S. The Labute approximate surface area is 99.9 Å². The van der Waals surface area contributed by atoms with Gasteiger partial charge in [-0.05, 0) is 20.8 Å². The van der Waals surface area contributed by atoms with Gasteiger partial charge in [0.1, 0.15) is 5.25 Å². The summed E-state index contributed by atoms with van der Waals surface area (Å²) in [4.78, 5) is 15.4. The molecule has 17 heavy (non-hydrogen) atoms. The maximum atomic E-state index is 11.4. The number of oxazole rings is 1. The molecule has 0 fully saturated rings. The van der Waals surface area contributed by atoms with Gasteiger partial charge in [-0.1, -0.05) is 0 Å². The summed E-state index contributed by atoms with van der Waals surface area (Å²) in [6, 6.07) is 0. The van der Waals surface area contributed by atoms with E-state index in [0.29, 0.717) is 5.69 Å². The molecule has 0 spiro atoms. The maximum absolute atomic E-state index is 11.4. The number of sulfone groups is 1. The molecule has 0 aliphatic heterocycles. The molecule has 1 aromatic rings. The van der Waals surface area contributed by atoms with E-state index in [2.05, 4.69) is 4.98 Å². The Hall–Kier alpha value is -1.37. The minimum Gasteiger partial charge on any atom is -0.460 e. The number of aromatic nitrogens is 1. The summed E-state index contributed by atoms with van der Waals surface area (Å²) in [5.74, 6) is -0.671. The van der Waals surface area contributed by atoms with Gasteiger partial charge in [0.25, 0.3) is 0 Å². The SMILES string of the molecule is CCOC(=O)c1oc(C(C)S(C)(=O)=O)nc1C. The number of hydrogen-bond donors (Lipinski definition) is 0. The van der Waals surface area contributed by atoms with Gasteiger partial charge in [-0.3, -0.25) is 0 Å². The van der Waals surface area contributed by atoms with E-state index in [1.54, 1.807) is 13.8 Å². The molecule has 0 aliphatic carbocycles.